The second-order valence-corrected chi connectivity index (χ2v) is 9.63. The number of phenols is 1. The van der Waals surface area contributed by atoms with Crippen molar-refractivity contribution in [2.24, 2.45) is 4.40 Å². The minimum Gasteiger partial charge on any atom is -0.591 e. The molecule has 1 aromatic heterocycles. The van der Waals surface area contributed by atoms with Gasteiger partial charge in [-0.15, -0.1) is 0 Å². The molecule has 1 unspecified atom stereocenters. The van der Waals surface area contributed by atoms with E-state index in [2.05, 4.69) is 25.3 Å². The number of aliphatic hydroxyl groups excluding tert-OH is 1. The first-order chi connectivity index (χ1) is 12.6. The van der Waals surface area contributed by atoms with Crippen molar-refractivity contribution in [3.05, 3.63) is 52.3 Å². The molecule has 0 spiro atoms. The third-order valence-corrected chi connectivity index (χ3v) is 5.66. The zero-order valence-electron chi connectivity index (χ0n) is 15.6. The van der Waals surface area contributed by atoms with Crippen molar-refractivity contribution in [2.75, 3.05) is 7.11 Å². The second-order valence-electron chi connectivity index (χ2n) is 6.92. The Labute approximate surface area is 170 Å². The number of methoxy groups -OCH3 is 1. The fourth-order valence-electron chi connectivity index (χ4n) is 2.20. The summed E-state index contributed by atoms with van der Waals surface area (Å²) in [6, 6.07) is 8.25. The lowest BCUT2D eigenvalue weighted by atomic mass is 10.00. The topological polar surface area (TPSA) is 98.0 Å². The van der Waals surface area contributed by atoms with Crippen LogP contribution in [0.1, 0.15) is 44.4 Å². The first kappa shape index (κ1) is 21.7. The highest BCUT2D eigenvalue weighted by molar-refractivity contribution is 9.10. The molecule has 146 valence electrons. The normalized spacial score (nSPS) is 14.7. The first-order valence-electron chi connectivity index (χ1n) is 8.28. The predicted octanol–water partition coefficient (Wildman–Crippen LogP) is 3.93. The van der Waals surface area contributed by atoms with Crippen molar-refractivity contribution in [1.29, 1.82) is 0 Å². The Morgan fingerprint density at radius 3 is 2.56 bits per heavy atom. The van der Waals surface area contributed by atoms with Crippen LogP contribution in [0.15, 0.2) is 45.5 Å². The van der Waals surface area contributed by atoms with Gasteiger partial charge in [-0.1, -0.05) is 10.5 Å². The Bertz CT molecular complexity index is 806. The zero-order valence-corrected chi connectivity index (χ0v) is 18.0. The number of pyridine rings is 1. The molecule has 1 heterocycles. The van der Waals surface area contributed by atoms with E-state index >= 15 is 0 Å². The van der Waals surface area contributed by atoms with E-state index in [1.54, 1.807) is 30.5 Å². The highest BCUT2D eigenvalue weighted by Gasteiger charge is 2.29. The Morgan fingerprint density at radius 2 is 2.04 bits per heavy atom. The van der Waals surface area contributed by atoms with Gasteiger partial charge < -0.3 is 19.5 Å². The number of nitrogens with zero attached hydrogens (tertiary/aromatic N) is 2. The third-order valence-electron chi connectivity index (χ3n) is 3.75. The fraction of sp³-hybridized carbons (Fsp3) is 0.368. The molecule has 2 N–H and O–H groups in total. The highest BCUT2D eigenvalue weighted by Crippen LogP contribution is 2.29. The number of hydrogen-bond acceptors (Lipinski definition) is 6. The van der Waals surface area contributed by atoms with Crippen LogP contribution in [0.4, 0.5) is 0 Å². The fourth-order valence-corrected chi connectivity index (χ4v) is 3.08. The van der Waals surface area contributed by atoms with Gasteiger partial charge in [-0.05, 0) is 60.5 Å². The van der Waals surface area contributed by atoms with Crippen LogP contribution in [-0.2, 0) is 11.4 Å². The number of hydrogen-bond donors (Lipinski definition) is 2. The number of ether oxygens (including phenoxy) is 1. The van der Waals surface area contributed by atoms with Gasteiger partial charge in [-0.25, -0.2) is 4.98 Å². The molecule has 0 aliphatic carbocycles. The lowest BCUT2D eigenvalue weighted by Crippen LogP contribution is -2.27. The van der Waals surface area contributed by atoms with Crippen molar-refractivity contribution < 1.29 is 19.5 Å². The Kier molecular flexibility index (Phi) is 7.27. The Balaban J connectivity index is 2.41. The van der Waals surface area contributed by atoms with Gasteiger partial charge in [0.2, 0.25) is 0 Å². The number of aromatic nitrogens is 1. The lowest BCUT2D eigenvalue weighted by Gasteiger charge is -2.21. The monoisotopic (exact) mass is 454 g/mol. The van der Waals surface area contributed by atoms with E-state index in [1.807, 2.05) is 20.8 Å². The molecule has 8 heteroatoms. The molecular weight excluding hydrogens is 432 g/mol. The number of aromatic hydroxyl groups is 1. The molecule has 27 heavy (non-hydrogen) atoms. The predicted molar refractivity (Wildman–Crippen MR) is 111 cm³/mol. The Morgan fingerprint density at radius 1 is 1.33 bits per heavy atom. The van der Waals surface area contributed by atoms with Crippen molar-refractivity contribution >= 4 is 33.0 Å². The van der Waals surface area contributed by atoms with Crippen LogP contribution in [0.25, 0.3) is 0 Å². The smallest absolute Gasteiger partial charge is 0.144 e. The summed E-state index contributed by atoms with van der Waals surface area (Å²) in [7, 11) is 1.50. The number of aliphatic hydroxyl groups is 1. The molecule has 2 atom stereocenters. The largest absolute Gasteiger partial charge is 0.591 e. The van der Waals surface area contributed by atoms with Crippen LogP contribution in [0.3, 0.4) is 0 Å². The molecule has 0 amide bonds. The van der Waals surface area contributed by atoms with E-state index in [4.69, 9.17) is 4.74 Å². The molecule has 0 saturated carbocycles. The molecular formula is C19H23BrN2O4S. The third kappa shape index (κ3) is 5.93. The molecule has 0 aliphatic heterocycles. The quantitative estimate of drug-likeness (QED) is 0.391. The first-order valence-corrected chi connectivity index (χ1v) is 10.2. The summed E-state index contributed by atoms with van der Waals surface area (Å²) in [5, 5.41) is 21.0. The average Bonchev–Trinajstić information content (AvgIpc) is 2.60. The summed E-state index contributed by atoms with van der Waals surface area (Å²) >= 11 is 1.71. The van der Waals surface area contributed by atoms with E-state index in [1.165, 1.54) is 13.2 Å². The van der Waals surface area contributed by atoms with Crippen LogP contribution in [-0.4, -0.2) is 37.3 Å². The van der Waals surface area contributed by atoms with Gasteiger partial charge in [0.25, 0.3) is 0 Å². The van der Waals surface area contributed by atoms with Gasteiger partial charge in [0.1, 0.15) is 37.9 Å². The number of phenolic OH excluding ortho intramolecular Hbond substituents is 1. The lowest BCUT2D eigenvalue weighted by molar-refractivity contribution is 0.186. The maximum atomic E-state index is 12.6. The molecule has 6 nitrogen and oxygen atoms in total. The summed E-state index contributed by atoms with van der Waals surface area (Å²) in [4.78, 5) is 4.11. The van der Waals surface area contributed by atoms with Crippen molar-refractivity contribution in [2.45, 2.75) is 38.0 Å². The van der Waals surface area contributed by atoms with Crippen molar-refractivity contribution in [3.8, 4) is 11.5 Å². The molecule has 0 fully saturated rings. The van der Waals surface area contributed by atoms with E-state index in [0.717, 1.165) is 0 Å². The van der Waals surface area contributed by atoms with Crippen molar-refractivity contribution in [1.82, 2.24) is 4.98 Å². The molecule has 1 aromatic carbocycles. The zero-order chi connectivity index (χ0) is 20.2. The summed E-state index contributed by atoms with van der Waals surface area (Å²) in [5.41, 5.74) is 1.34. The summed E-state index contributed by atoms with van der Waals surface area (Å²) in [5.74, 6) is 0.436. The average molecular weight is 455 g/mol. The number of rotatable bonds is 6. The summed E-state index contributed by atoms with van der Waals surface area (Å²) in [6.07, 6.45) is 0.717. The highest BCUT2D eigenvalue weighted by atomic mass is 79.9. The Hall–Kier alpha value is -1.61. The standard InChI is InChI=1S/C19H23BrN2O4S/c1-19(2,3)27(25)22-15(14-7-6-13(26-4)9-17(14)24)10-16(23)12-5-8-18(20)21-11-12/h5-9,11,16,23-24H,10H2,1-4H3/t16-,27?/m0/s1. The van der Waals surface area contributed by atoms with Crippen LogP contribution >= 0.6 is 15.9 Å². The van der Waals surface area contributed by atoms with Gasteiger partial charge in [0, 0.05) is 24.2 Å². The van der Waals surface area contributed by atoms with Gasteiger partial charge in [-0.3, -0.25) is 0 Å². The van der Waals surface area contributed by atoms with E-state index in [0.29, 0.717) is 27.2 Å². The minimum absolute atomic E-state index is 0.0554. The molecule has 0 aliphatic rings. The van der Waals surface area contributed by atoms with Gasteiger partial charge in [0.15, 0.2) is 0 Å². The number of halogens is 1. The molecule has 2 rings (SSSR count). The summed E-state index contributed by atoms with van der Waals surface area (Å²) < 4.78 is 22.1. The molecule has 0 bridgehead atoms. The van der Waals surface area contributed by atoms with Crippen molar-refractivity contribution in [3.63, 3.8) is 0 Å². The van der Waals surface area contributed by atoms with Crippen LogP contribution < -0.4 is 4.74 Å². The van der Waals surface area contributed by atoms with Gasteiger partial charge >= 0.3 is 0 Å². The molecule has 0 radical (unpaired) electrons. The van der Waals surface area contributed by atoms with E-state index in [9.17, 15) is 14.8 Å². The second kappa shape index (κ2) is 9.05. The van der Waals surface area contributed by atoms with Gasteiger partial charge in [0.05, 0.1) is 13.2 Å². The van der Waals surface area contributed by atoms with Crippen LogP contribution in [0.2, 0.25) is 0 Å². The maximum Gasteiger partial charge on any atom is 0.144 e. The maximum absolute atomic E-state index is 12.6. The molecule has 2 aromatic rings. The number of benzene rings is 1. The molecule has 0 saturated heterocycles. The minimum atomic E-state index is -1.55. The van der Waals surface area contributed by atoms with Crippen LogP contribution in [0.5, 0.6) is 11.5 Å². The van der Waals surface area contributed by atoms with Gasteiger partial charge in [-0.2, -0.15) is 0 Å². The van der Waals surface area contributed by atoms with E-state index < -0.39 is 22.2 Å². The van der Waals surface area contributed by atoms with E-state index in [-0.39, 0.29) is 12.2 Å². The SMILES string of the molecule is COc1ccc(C(C[C@H](O)c2ccc(Br)nc2)=N[S+]([O-])C(C)(C)C)c(O)c1. The summed E-state index contributed by atoms with van der Waals surface area (Å²) in [6.45, 7) is 5.44. The van der Waals surface area contributed by atoms with Crippen LogP contribution in [0, 0.1) is 0 Å².